The molecule has 3 heteroatoms. The second-order valence-corrected chi connectivity index (χ2v) is 3.81. The van der Waals surface area contributed by atoms with Crippen molar-refractivity contribution < 1.29 is 14.6 Å². The zero-order chi connectivity index (χ0) is 12.0. The Morgan fingerprint density at radius 3 is 2.31 bits per heavy atom. The minimum Gasteiger partial charge on any atom is -0.496 e. The van der Waals surface area contributed by atoms with E-state index in [1.807, 2.05) is 19.1 Å². The molecule has 0 saturated heterocycles. The van der Waals surface area contributed by atoms with Crippen molar-refractivity contribution in [2.24, 2.45) is 0 Å². The Kier molecular flexibility index (Phi) is 5.12. The molecule has 0 fully saturated rings. The Morgan fingerprint density at radius 2 is 1.75 bits per heavy atom. The van der Waals surface area contributed by atoms with Crippen LogP contribution in [0, 0.1) is 6.92 Å². The fourth-order valence-corrected chi connectivity index (χ4v) is 1.74. The zero-order valence-electron chi connectivity index (χ0n) is 10.2. The summed E-state index contributed by atoms with van der Waals surface area (Å²) in [6, 6.07) is 4.01. The van der Waals surface area contributed by atoms with Gasteiger partial charge in [0.05, 0.1) is 14.2 Å². The van der Waals surface area contributed by atoms with Gasteiger partial charge in [-0.05, 0) is 49.4 Å². The maximum atomic E-state index is 8.76. The van der Waals surface area contributed by atoms with Crippen LogP contribution in [0.3, 0.4) is 0 Å². The van der Waals surface area contributed by atoms with Crippen molar-refractivity contribution in [3.63, 3.8) is 0 Å². The summed E-state index contributed by atoms with van der Waals surface area (Å²) in [7, 11) is 3.35. The summed E-state index contributed by atoms with van der Waals surface area (Å²) in [6.07, 6.45) is 2.68. The highest BCUT2D eigenvalue weighted by Gasteiger charge is 2.08. The van der Waals surface area contributed by atoms with Crippen LogP contribution in [0.5, 0.6) is 11.5 Å². The SMILES string of the molecule is COc1cc(CCCCO)c(OC)cc1C. The van der Waals surface area contributed by atoms with Crippen molar-refractivity contribution in [1.82, 2.24) is 0 Å². The molecule has 0 saturated carbocycles. The lowest BCUT2D eigenvalue weighted by Crippen LogP contribution is -1.97. The van der Waals surface area contributed by atoms with E-state index in [1.165, 1.54) is 0 Å². The van der Waals surface area contributed by atoms with Gasteiger partial charge in [0.25, 0.3) is 0 Å². The van der Waals surface area contributed by atoms with Gasteiger partial charge in [-0.2, -0.15) is 0 Å². The first-order chi connectivity index (χ1) is 7.72. The fraction of sp³-hybridized carbons (Fsp3) is 0.538. The number of rotatable bonds is 6. The smallest absolute Gasteiger partial charge is 0.122 e. The summed E-state index contributed by atoms with van der Waals surface area (Å²) in [5, 5.41) is 8.76. The van der Waals surface area contributed by atoms with E-state index in [-0.39, 0.29) is 6.61 Å². The van der Waals surface area contributed by atoms with Crippen molar-refractivity contribution in [1.29, 1.82) is 0 Å². The first-order valence-electron chi connectivity index (χ1n) is 5.55. The first kappa shape index (κ1) is 12.8. The highest BCUT2D eigenvalue weighted by atomic mass is 16.5. The molecular weight excluding hydrogens is 204 g/mol. The predicted octanol–water partition coefficient (Wildman–Crippen LogP) is 2.33. The van der Waals surface area contributed by atoms with E-state index in [0.717, 1.165) is 41.9 Å². The number of aliphatic hydroxyl groups is 1. The van der Waals surface area contributed by atoms with Gasteiger partial charge < -0.3 is 14.6 Å². The molecule has 0 amide bonds. The van der Waals surface area contributed by atoms with Crippen LogP contribution in [0.15, 0.2) is 12.1 Å². The van der Waals surface area contributed by atoms with Gasteiger partial charge in [0.2, 0.25) is 0 Å². The van der Waals surface area contributed by atoms with E-state index in [9.17, 15) is 0 Å². The van der Waals surface area contributed by atoms with E-state index in [1.54, 1.807) is 14.2 Å². The predicted molar refractivity (Wildman–Crippen MR) is 64.3 cm³/mol. The molecular formula is C13H20O3. The van der Waals surface area contributed by atoms with Crippen molar-refractivity contribution in [3.8, 4) is 11.5 Å². The maximum absolute atomic E-state index is 8.76. The molecule has 0 bridgehead atoms. The van der Waals surface area contributed by atoms with Crippen LogP contribution in [0.4, 0.5) is 0 Å². The standard InChI is InChI=1S/C13H20O3/c1-10-8-13(16-3)11(6-4-5-7-14)9-12(10)15-2/h8-9,14H,4-7H2,1-3H3. The lowest BCUT2D eigenvalue weighted by Gasteiger charge is -2.12. The molecule has 16 heavy (non-hydrogen) atoms. The number of aryl methyl sites for hydroxylation is 2. The third-order valence-electron chi connectivity index (χ3n) is 2.65. The van der Waals surface area contributed by atoms with E-state index in [4.69, 9.17) is 14.6 Å². The summed E-state index contributed by atoms with van der Waals surface area (Å²) >= 11 is 0. The van der Waals surface area contributed by atoms with Crippen LogP contribution >= 0.6 is 0 Å². The van der Waals surface area contributed by atoms with Crippen molar-refractivity contribution in [2.45, 2.75) is 26.2 Å². The minimum atomic E-state index is 0.241. The van der Waals surface area contributed by atoms with Gasteiger partial charge in [0.1, 0.15) is 11.5 Å². The quantitative estimate of drug-likeness (QED) is 0.754. The molecule has 1 aromatic rings. The van der Waals surface area contributed by atoms with Crippen LogP contribution in [0.1, 0.15) is 24.0 Å². The second kappa shape index (κ2) is 6.38. The molecule has 0 unspecified atom stereocenters. The van der Waals surface area contributed by atoms with Crippen molar-refractivity contribution >= 4 is 0 Å². The molecule has 0 aliphatic rings. The number of unbranched alkanes of at least 4 members (excludes halogenated alkanes) is 1. The van der Waals surface area contributed by atoms with Crippen molar-refractivity contribution in [3.05, 3.63) is 23.3 Å². The number of methoxy groups -OCH3 is 2. The maximum Gasteiger partial charge on any atom is 0.122 e. The highest BCUT2D eigenvalue weighted by Crippen LogP contribution is 2.29. The average Bonchev–Trinajstić information content (AvgIpc) is 2.30. The van der Waals surface area contributed by atoms with E-state index >= 15 is 0 Å². The lowest BCUT2D eigenvalue weighted by molar-refractivity contribution is 0.284. The number of aliphatic hydroxyl groups excluding tert-OH is 1. The van der Waals surface area contributed by atoms with Gasteiger partial charge in [-0.25, -0.2) is 0 Å². The number of hydrogen-bond acceptors (Lipinski definition) is 3. The van der Waals surface area contributed by atoms with Gasteiger partial charge in [-0.3, -0.25) is 0 Å². The molecule has 0 aliphatic heterocycles. The molecule has 3 nitrogen and oxygen atoms in total. The van der Waals surface area contributed by atoms with E-state index < -0.39 is 0 Å². The molecule has 1 aromatic carbocycles. The lowest BCUT2D eigenvalue weighted by atomic mass is 10.0. The largest absolute Gasteiger partial charge is 0.496 e. The number of benzene rings is 1. The molecule has 1 rings (SSSR count). The monoisotopic (exact) mass is 224 g/mol. The second-order valence-electron chi connectivity index (χ2n) is 3.81. The molecule has 0 aliphatic carbocycles. The molecule has 1 N–H and O–H groups in total. The molecule has 0 atom stereocenters. The third-order valence-corrected chi connectivity index (χ3v) is 2.65. The minimum absolute atomic E-state index is 0.241. The van der Waals surface area contributed by atoms with Gasteiger partial charge in [0.15, 0.2) is 0 Å². The van der Waals surface area contributed by atoms with E-state index in [2.05, 4.69) is 0 Å². The summed E-state index contributed by atoms with van der Waals surface area (Å²) < 4.78 is 10.6. The molecule has 0 aromatic heterocycles. The zero-order valence-corrected chi connectivity index (χ0v) is 10.2. The normalized spacial score (nSPS) is 10.2. The summed E-state index contributed by atoms with van der Waals surface area (Å²) in [5.74, 6) is 1.79. The van der Waals surface area contributed by atoms with Gasteiger partial charge >= 0.3 is 0 Å². The topological polar surface area (TPSA) is 38.7 Å². The van der Waals surface area contributed by atoms with Gasteiger partial charge in [-0.15, -0.1) is 0 Å². The first-order valence-corrected chi connectivity index (χ1v) is 5.55. The van der Waals surface area contributed by atoms with Crippen LogP contribution in [-0.4, -0.2) is 25.9 Å². The number of ether oxygens (including phenoxy) is 2. The molecule has 90 valence electrons. The Morgan fingerprint density at radius 1 is 1.06 bits per heavy atom. The summed E-state index contributed by atoms with van der Waals surface area (Å²) in [4.78, 5) is 0. The highest BCUT2D eigenvalue weighted by molar-refractivity contribution is 5.45. The van der Waals surface area contributed by atoms with Gasteiger partial charge in [0, 0.05) is 6.61 Å². The Bertz CT molecular complexity index is 334. The molecule has 0 radical (unpaired) electrons. The Hall–Kier alpha value is -1.22. The summed E-state index contributed by atoms with van der Waals surface area (Å²) in [5.41, 5.74) is 2.21. The Labute approximate surface area is 97.0 Å². The number of hydrogen-bond donors (Lipinski definition) is 1. The molecule has 0 heterocycles. The fourth-order valence-electron chi connectivity index (χ4n) is 1.74. The van der Waals surface area contributed by atoms with Crippen molar-refractivity contribution in [2.75, 3.05) is 20.8 Å². The Balaban J connectivity index is 2.86. The third kappa shape index (κ3) is 3.14. The van der Waals surface area contributed by atoms with E-state index in [0.29, 0.717) is 0 Å². The van der Waals surface area contributed by atoms with Crippen LogP contribution < -0.4 is 9.47 Å². The van der Waals surface area contributed by atoms with Crippen LogP contribution in [-0.2, 0) is 6.42 Å². The summed E-state index contributed by atoms with van der Waals surface area (Å²) in [6.45, 7) is 2.24. The van der Waals surface area contributed by atoms with Crippen LogP contribution in [0.2, 0.25) is 0 Å². The van der Waals surface area contributed by atoms with Crippen LogP contribution in [0.25, 0.3) is 0 Å². The molecule has 0 spiro atoms. The average molecular weight is 224 g/mol. The van der Waals surface area contributed by atoms with Gasteiger partial charge in [-0.1, -0.05) is 0 Å².